The molecule has 0 aliphatic heterocycles. The Morgan fingerprint density at radius 2 is 2.31 bits per heavy atom. The summed E-state index contributed by atoms with van der Waals surface area (Å²) in [5.74, 6) is 2.32. The van der Waals surface area contributed by atoms with E-state index in [4.69, 9.17) is 5.73 Å². The standard InChI is InChI=1S/C9H20N2OS/c1-3-13-7-5-8(2)11-9(12)4-6-10/h8H,3-7,10H2,1-2H3,(H,11,12). The lowest BCUT2D eigenvalue weighted by Crippen LogP contribution is -2.34. The molecule has 0 rings (SSSR count). The maximum atomic E-state index is 11.1. The first-order valence-corrected chi connectivity index (χ1v) is 5.93. The molecule has 1 atom stereocenters. The van der Waals surface area contributed by atoms with Gasteiger partial charge in [-0.2, -0.15) is 11.8 Å². The molecule has 0 saturated carbocycles. The molecule has 1 amide bonds. The van der Waals surface area contributed by atoms with Crippen molar-refractivity contribution in [3.63, 3.8) is 0 Å². The highest BCUT2D eigenvalue weighted by Gasteiger charge is 2.05. The third-order valence-corrected chi connectivity index (χ3v) is 2.61. The first-order valence-electron chi connectivity index (χ1n) is 4.77. The van der Waals surface area contributed by atoms with Crippen molar-refractivity contribution in [3.05, 3.63) is 0 Å². The van der Waals surface area contributed by atoms with Gasteiger partial charge in [-0.05, 0) is 24.9 Å². The van der Waals surface area contributed by atoms with Gasteiger partial charge in [0.2, 0.25) is 5.91 Å². The lowest BCUT2D eigenvalue weighted by Gasteiger charge is -2.12. The molecule has 0 bridgehead atoms. The number of nitrogens with two attached hydrogens (primary N) is 1. The minimum Gasteiger partial charge on any atom is -0.354 e. The normalized spacial score (nSPS) is 12.5. The second-order valence-corrected chi connectivity index (χ2v) is 4.39. The predicted molar refractivity (Wildman–Crippen MR) is 58.9 cm³/mol. The van der Waals surface area contributed by atoms with Crippen LogP contribution in [0.2, 0.25) is 0 Å². The highest BCUT2D eigenvalue weighted by molar-refractivity contribution is 7.99. The summed E-state index contributed by atoms with van der Waals surface area (Å²) in [6, 6.07) is 0.276. The molecule has 3 N–H and O–H groups in total. The Kier molecular flexibility index (Phi) is 8.24. The zero-order valence-electron chi connectivity index (χ0n) is 8.51. The highest BCUT2D eigenvalue weighted by Crippen LogP contribution is 2.03. The second-order valence-electron chi connectivity index (χ2n) is 2.99. The smallest absolute Gasteiger partial charge is 0.221 e. The Balaban J connectivity index is 3.38. The minimum absolute atomic E-state index is 0.0662. The molecule has 0 radical (unpaired) electrons. The van der Waals surface area contributed by atoms with Gasteiger partial charge in [-0.15, -0.1) is 0 Å². The van der Waals surface area contributed by atoms with E-state index in [9.17, 15) is 4.79 Å². The summed E-state index contributed by atoms with van der Waals surface area (Å²) in [4.78, 5) is 11.1. The number of carbonyl (C=O) groups is 1. The molecule has 4 heteroatoms. The van der Waals surface area contributed by atoms with Gasteiger partial charge in [-0.3, -0.25) is 4.79 Å². The highest BCUT2D eigenvalue weighted by atomic mass is 32.2. The SMILES string of the molecule is CCSCCC(C)NC(=O)CCN. The molecule has 0 aliphatic carbocycles. The number of carbonyl (C=O) groups excluding carboxylic acids is 1. The molecule has 0 aromatic carbocycles. The molecule has 1 unspecified atom stereocenters. The van der Waals surface area contributed by atoms with Gasteiger partial charge in [0.05, 0.1) is 0 Å². The van der Waals surface area contributed by atoms with Crippen LogP contribution in [0.4, 0.5) is 0 Å². The summed E-state index contributed by atoms with van der Waals surface area (Å²) >= 11 is 1.90. The van der Waals surface area contributed by atoms with Gasteiger partial charge in [0.25, 0.3) is 0 Å². The summed E-state index contributed by atoms with van der Waals surface area (Å²) in [7, 11) is 0. The van der Waals surface area contributed by atoms with E-state index in [1.54, 1.807) is 0 Å². The molecular weight excluding hydrogens is 184 g/mol. The number of hydrogen-bond donors (Lipinski definition) is 2. The van der Waals surface area contributed by atoms with Crippen molar-refractivity contribution < 1.29 is 4.79 Å². The van der Waals surface area contributed by atoms with Crippen LogP contribution >= 0.6 is 11.8 Å². The fraction of sp³-hybridized carbons (Fsp3) is 0.889. The van der Waals surface area contributed by atoms with E-state index in [2.05, 4.69) is 12.2 Å². The predicted octanol–water partition coefficient (Wildman–Crippen LogP) is 0.983. The Hall–Kier alpha value is -0.220. The first kappa shape index (κ1) is 12.8. The first-order chi connectivity index (χ1) is 6.20. The van der Waals surface area contributed by atoms with Crippen LogP contribution < -0.4 is 11.1 Å². The van der Waals surface area contributed by atoms with Crippen molar-refractivity contribution >= 4 is 17.7 Å². The topological polar surface area (TPSA) is 55.1 Å². The third kappa shape index (κ3) is 8.12. The summed E-state index contributed by atoms with van der Waals surface area (Å²) in [5.41, 5.74) is 5.26. The quantitative estimate of drug-likeness (QED) is 0.608. The lowest BCUT2D eigenvalue weighted by atomic mass is 10.2. The molecule has 3 nitrogen and oxygen atoms in total. The van der Waals surface area contributed by atoms with Gasteiger partial charge >= 0.3 is 0 Å². The van der Waals surface area contributed by atoms with Crippen LogP contribution in [0.25, 0.3) is 0 Å². The average molecular weight is 204 g/mol. The van der Waals surface area contributed by atoms with E-state index in [1.807, 2.05) is 18.7 Å². The van der Waals surface area contributed by atoms with Crippen LogP contribution in [0.5, 0.6) is 0 Å². The van der Waals surface area contributed by atoms with Crippen molar-refractivity contribution in [2.75, 3.05) is 18.1 Å². The molecule has 0 heterocycles. The maximum absolute atomic E-state index is 11.1. The van der Waals surface area contributed by atoms with E-state index in [1.165, 1.54) is 0 Å². The van der Waals surface area contributed by atoms with E-state index in [-0.39, 0.29) is 11.9 Å². The summed E-state index contributed by atoms with van der Waals surface area (Å²) < 4.78 is 0. The summed E-state index contributed by atoms with van der Waals surface area (Å²) in [5, 5.41) is 2.91. The number of rotatable bonds is 7. The number of amides is 1. The van der Waals surface area contributed by atoms with Crippen LogP contribution in [0, 0.1) is 0 Å². The minimum atomic E-state index is 0.0662. The van der Waals surface area contributed by atoms with E-state index >= 15 is 0 Å². The van der Waals surface area contributed by atoms with Crippen LogP contribution in [0.3, 0.4) is 0 Å². The summed E-state index contributed by atoms with van der Waals surface area (Å²) in [6.45, 7) is 4.61. The molecular formula is C9H20N2OS. The van der Waals surface area contributed by atoms with Gasteiger partial charge in [0, 0.05) is 19.0 Å². The fourth-order valence-electron chi connectivity index (χ4n) is 0.955. The monoisotopic (exact) mass is 204 g/mol. The van der Waals surface area contributed by atoms with E-state index < -0.39 is 0 Å². The largest absolute Gasteiger partial charge is 0.354 e. The van der Waals surface area contributed by atoms with Crippen molar-refractivity contribution in [2.45, 2.75) is 32.7 Å². The number of thioether (sulfide) groups is 1. The van der Waals surface area contributed by atoms with Crippen LogP contribution in [0.15, 0.2) is 0 Å². The number of hydrogen-bond acceptors (Lipinski definition) is 3. The van der Waals surface area contributed by atoms with Gasteiger partial charge in [0.15, 0.2) is 0 Å². The zero-order chi connectivity index (χ0) is 10.1. The van der Waals surface area contributed by atoms with Crippen LogP contribution in [-0.2, 0) is 4.79 Å². The fourth-order valence-corrected chi connectivity index (χ4v) is 1.76. The Morgan fingerprint density at radius 3 is 2.85 bits per heavy atom. The number of nitrogens with one attached hydrogen (secondary N) is 1. The average Bonchev–Trinajstić information content (AvgIpc) is 2.05. The molecule has 0 aliphatic rings. The summed E-state index contributed by atoms with van der Waals surface area (Å²) in [6.07, 6.45) is 1.47. The van der Waals surface area contributed by atoms with Crippen molar-refractivity contribution in [2.24, 2.45) is 5.73 Å². The van der Waals surface area contributed by atoms with Crippen LogP contribution in [0.1, 0.15) is 26.7 Å². The Morgan fingerprint density at radius 1 is 1.62 bits per heavy atom. The Labute approximate surface area is 84.8 Å². The molecule has 0 aromatic rings. The van der Waals surface area contributed by atoms with Crippen LogP contribution in [-0.4, -0.2) is 30.0 Å². The van der Waals surface area contributed by atoms with Crippen molar-refractivity contribution in [3.8, 4) is 0 Å². The van der Waals surface area contributed by atoms with Gasteiger partial charge < -0.3 is 11.1 Å². The third-order valence-electron chi connectivity index (χ3n) is 1.68. The van der Waals surface area contributed by atoms with Gasteiger partial charge in [-0.1, -0.05) is 6.92 Å². The van der Waals surface area contributed by atoms with Crippen molar-refractivity contribution in [1.82, 2.24) is 5.32 Å². The van der Waals surface area contributed by atoms with Crippen molar-refractivity contribution in [1.29, 1.82) is 0 Å². The second kappa shape index (κ2) is 8.38. The molecule has 13 heavy (non-hydrogen) atoms. The lowest BCUT2D eigenvalue weighted by molar-refractivity contribution is -0.121. The molecule has 0 aromatic heterocycles. The Bertz CT molecular complexity index is 142. The molecule has 0 fully saturated rings. The maximum Gasteiger partial charge on any atom is 0.221 e. The van der Waals surface area contributed by atoms with E-state index in [0.717, 1.165) is 17.9 Å². The molecule has 78 valence electrons. The molecule has 0 spiro atoms. The zero-order valence-corrected chi connectivity index (χ0v) is 9.32. The van der Waals surface area contributed by atoms with E-state index in [0.29, 0.717) is 13.0 Å². The molecule has 0 saturated heterocycles. The van der Waals surface area contributed by atoms with Gasteiger partial charge in [-0.25, -0.2) is 0 Å². The van der Waals surface area contributed by atoms with Gasteiger partial charge in [0.1, 0.15) is 0 Å².